The molecule has 2 aromatic rings. The van der Waals surface area contributed by atoms with Crippen LogP contribution in [0.3, 0.4) is 0 Å². The van der Waals surface area contributed by atoms with E-state index in [2.05, 4.69) is 25.8 Å². The summed E-state index contributed by atoms with van der Waals surface area (Å²) in [6.07, 6.45) is 0. The highest BCUT2D eigenvalue weighted by molar-refractivity contribution is 9.10. The molecule has 0 radical (unpaired) electrons. The van der Waals surface area contributed by atoms with Crippen LogP contribution in [0.15, 0.2) is 33.6 Å². The number of benzene rings is 1. The second-order valence-electron chi connectivity index (χ2n) is 3.89. The summed E-state index contributed by atoms with van der Waals surface area (Å²) in [6.45, 7) is 1.56. The number of thiazole rings is 1. The zero-order chi connectivity index (χ0) is 12.3. The molecule has 0 bridgehead atoms. The highest BCUT2D eigenvalue weighted by atomic mass is 79.9. The third-order valence-corrected chi connectivity index (χ3v) is 3.74. The van der Waals surface area contributed by atoms with Crippen molar-refractivity contribution in [2.45, 2.75) is 13.1 Å². The van der Waals surface area contributed by atoms with Crippen LogP contribution in [0.25, 0.3) is 0 Å². The van der Waals surface area contributed by atoms with E-state index in [1.54, 1.807) is 17.4 Å². The van der Waals surface area contributed by atoms with Gasteiger partial charge in [-0.2, -0.15) is 0 Å². The topological polar surface area (TPSA) is 16.1 Å². The van der Waals surface area contributed by atoms with Gasteiger partial charge in [0, 0.05) is 22.9 Å². The van der Waals surface area contributed by atoms with E-state index in [1.807, 2.05) is 17.9 Å². The molecule has 1 aromatic carbocycles. The Balaban J connectivity index is 2.00. The van der Waals surface area contributed by atoms with Crippen LogP contribution in [-0.2, 0) is 13.1 Å². The van der Waals surface area contributed by atoms with E-state index in [1.165, 1.54) is 12.1 Å². The summed E-state index contributed by atoms with van der Waals surface area (Å²) in [7, 11) is 2.02. The summed E-state index contributed by atoms with van der Waals surface area (Å²) in [5.74, 6) is -0.220. The fourth-order valence-corrected chi connectivity index (χ4v) is 2.61. The molecule has 0 saturated heterocycles. The van der Waals surface area contributed by atoms with Gasteiger partial charge in [0.25, 0.3) is 0 Å². The zero-order valence-electron chi connectivity index (χ0n) is 9.36. The van der Waals surface area contributed by atoms with Crippen LogP contribution in [0.5, 0.6) is 0 Å². The SMILES string of the molecule is CN(Cc1cscn1)Cc1ccc(F)cc1Br. The zero-order valence-corrected chi connectivity index (χ0v) is 11.8. The Bertz CT molecular complexity index is 487. The van der Waals surface area contributed by atoms with E-state index < -0.39 is 0 Å². The van der Waals surface area contributed by atoms with Crippen LogP contribution in [-0.4, -0.2) is 16.9 Å². The highest BCUT2D eigenvalue weighted by Gasteiger charge is 2.06. The first-order valence-corrected chi connectivity index (χ1v) is 6.88. The van der Waals surface area contributed by atoms with Crippen LogP contribution in [0.4, 0.5) is 4.39 Å². The van der Waals surface area contributed by atoms with E-state index in [-0.39, 0.29) is 5.82 Å². The third-order valence-electron chi connectivity index (χ3n) is 2.37. The molecule has 0 unspecified atom stereocenters. The van der Waals surface area contributed by atoms with Gasteiger partial charge < -0.3 is 0 Å². The summed E-state index contributed by atoms with van der Waals surface area (Å²) in [5.41, 5.74) is 3.97. The molecule has 90 valence electrons. The fourth-order valence-electron chi connectivity index (χ4n) is 1.59. The van der Waals surface area contributed by atoms with Crippen molar-refractivity contribution < 1.29 is 4.39 Å². The van der Waals surface area contributed by atoms with Gasteiger partial charge in [-0.3, -0.25) is 4.90 Å². The molecule has 0 amide bonds. The Kier molecular flexibility index (Phi) is 4.25. The van der Waals surface area contributed by atoms with E-state index in [4.69, 9.17) is 0 Å². The van der Waals surface area contributed by atoms with Gasteiger partial charge in [-0.25, -0.2) is 9.37 Å². The molecule has 1 heterocycles. The molecule has 0 aliphatic heterocycles. The van der Waals surface area contributed by atoms with Gasteiger partial charge >= 0.3 is 0 Å². The largest absolute Gasteiger partial charge is 0.296 e. The molecule has 2 nitrogen and oxygen atoms in total. The number of nitrogens with zero attached hydrogens (tertiary/aromatic N) is 2. The van der Waals surface area contributed by atoms with Gasteiger partial charge in [-0.1, -0.05) is 22.0 Å². The van der Waals surface area contributed by atoms with Gasteiger partial charge in [-0.15, -0.1) is 11.3 Å². The van der Waals surface area contributed by atoms with Gasteiger partial charge in [0.15, 0.2) is 0 Å². The first-order chi connectivity index (χ1) is 8.15. The Hall–Kier alpha value is -0.780. The van der Waals surface area contributed by atoms with Crippen molar-refractivity contribution in [3.8, 4) is 0 Å². The summed E-state index contributed by atoms with van der Waals surface area (Å²) < 4.78 is 13.7. The summed E-state index contributed by atoms with van der Waals surface area (Å²) in [4.78, 5) is 6.39. The van der Waals surface area contributed by atoms with E-state index in [0.29, 0.717) is 0 Å². The standard InChI is InChI=1S/C12H12BrFN2S/c1-16(6-11-7-17-8-15-11)5-9-2-3-10(14)4-12(9)13/h2-4,7-8H,5-6H2,1H3. The molecule has 0 fully saturated rings. The number of aromatic nitrogens is 1. The Labute approximate surface area is 112 Å². The van der Waals surface area contributed by atoms with Crippen molar-refractivity contribution in [1.82, 2.24) is 9.88 Å². The molecule has 0 saturated carbocycles. The van der Waals surface area contributed by atoms with E-state index in [0.717, 1.165) is 28.8 Å². The Morgan fingerprint density at radius 2 is 2.24 bits per heavy atom. The van der Waals surface area contributed by atoms with E-state index in [9.17, 15) is 4.39 Å². The molecule has 5 heteroatoms. The minimum Gasteiger partial charge on any atom is -0.296 e. The monoisotopic (exact) mass is 314 g/mol. The van der Waals surface area contributed by atoms with Gasteiger partial charge in [-0.05, 0) is 24.7 Å². The molecular formula is C12H12BrFN2S. The first kappa shape index (κ1) is 12.7. The molecule has 0 aliphatic carbocycles. The molecule has 0 spiro atoms. The molecule has 17 heavy (non-hydrogen) atoms. The second kappa shape index (κ2) is 5.71. The predicted octanol–water partition coefficient (Wildman–Crippen LogP) is 3.68. The van der Waals surface area contributed by atoms with Crippen molar-refractivity contribution in [2.75, 3.05) is 7.05 Å². The van der Waals surface area contributed by atoms with Crippen LogP contribution < -0.4 is 0 Å². The maximum absolute atomic E-state index is 12.9. The van der Waals surface area contributed by atoms with Crippen LogP contribution in [0.2, 0.25) is 0 Å². The summed E-state index contributed by atoms with van der Waals surface area (Å²) in [6, 6.07) is 4.78. The van der Waals surface area contributed by atoms with Crippen molar-refractivity contribution in [3.05, 3.63) is 50.6 Å². The lowest BCUT2D eigenvalue weighted by Gasteiger charge is -2.16. The van der Waals surface area contributed by atoms with Crippen molar-refractivity contribution in [2.24, 2.45) is 0 Å². The minimum atomic E-state index is -0.220. The summed E-state index contributed by atoms with van der Waals surface area (Å²) >= 11 is 4.97. The first-order valence-electron chi connectivity index (χ1n) is 5.14. The van der Waals surface area contributed by atoms with Crippen molar-refractivity contribution in [3.63, 3.8) is 0 Å². The Morgan fingerprint density at radius 1 is 1.41 bits per heavy atom. The summed E-state index contributed by atoms with van der Waals surface area (Å²) in [5, 5.41) is 2.04. The van der Waals surface area contributed by atoms with Gasteiger partial charge in [0.2, 0.25) is 0 Å². The number of halogens is 2. The quantitative estimate of drug-likeness (QED) is 0.856. The van der Waals surface area contributed by atoms with Gasteiger partial charge in [0.05, 0.1) is 11.2 Å². The van der Waals surface area contributed by atoms with Crippen molar-refractivity contribution >= 4 is 27.3 Å². The van der Waals surface area contributed by atoms with Gasteiger partial charge in [0.1, 0.15) is 5.82 Å². The fraction of sp³-hybridized carbons (Fsp3) is 0.250. The molecule has 0 aliphatic rings. The lowest BCUT2D eigenvalue weighted by atomic mass is 10.2. The van der Waals surface area contributed by atoms with Crippen molar-refractivity contribution in [1.29, 1.82) is 0 Å². The third kappa shape index (κ3) is 3.59. The minimum absolute atomic E-state index is 0.220. The van der Waals surface area contributed by atoms with Crippen LogP contribution in [0.1, 0.15) is 11.3 Å². The average Bonchev–Trinajstić information content (AvgIpc) is 2.75. The van der Waals surface area contributed by atoms with E-state index >= 15 is 0 Å². The van der Waals surface area contributed by atoms with Crippen LogP contribution in [0, 0.1) is 5.82 Å². The molecule has 0 atom stereocenters. The Morgan fingerprint density at radius 3 is 2.88 bits per heavy atom. The molecule has 0 N–H and O–H groups in total. The maximum atomic E-state index is 12.9. The number of rotatable bonds is 4. The molecule has 1 aromatic heterocycles. The predicted molar refractivity (Wildman–Crippen MR) is 71.4 cm³/mol. The number of hydrogen-bond donors (Lipinski definition) is 0. The lowest BCUT2D eigenvalue weighted by Crippen LogP contribution is -2.17. The second-order valence-corrected chi connectivity index (χ2v) is 5.46. The van der Waals surface area contributed by atoms with Crippen LogP contribution >= 0.6 is 27.3 Å². The highest BCUT2D eigenvalue weighted by Crippen LogP contribution is 2.20. The smallest absolute Gasteiger partial charge is 0.124 e. The molecular weight excluding hydrogens is 303 g/mol. The maximum Gasteiger partial charge on any atom is 0.124 e. The number of hydrogen-bond acceptors (Lipinski definition) is 3. The molecule has 2 rings (SSSR count). The lowest BCUT2D eigenvalue weighted by molar-refractivity contribution is 0.315. The normalized spacial score (nSPS) is 11.1. The average molecular weight is 315 g/mol.